The lowest BCUT2D eigenvalue weighted by Gasteiger charge is -2.20. The molecule has 0 spiro atoms. The van der Waals surface area contributed by atoms with Gasteiger partial charge < -0.3 is 24.5 Å². The van der Waals surface area contributed by atoms with Gasteiger partial charge in [-0.3, -0.25) is 14.5 Å². The summed E-state index contributed by atoms with van der Waals surface area (Å²) in [5.41, 5.74) is 2.21. The molecule has 0 bridgehead atoms. The molecule has 0 saturated carbocycles. The summed E-state index contributed by atoms with van der Waals surface area (Å²) in [7, 11) is 3.73. The Morgan fingerprint density at radius 2 is 1.95 bits per heavy atom. The number of carbonyl (C=O) groups is 1. The third-order valence-electron chi connectivity index (χ3n) is 6.22. The molecule has 1 unspecified atom stereocenters. The minimum atomic E-state index is -0.712. The van der Waals surface area contributed by atoms with Crippen molar-refractivity contribution in [2.75, 3.05) is 20.4 Å². The van der Waals surface area contributed by atoms with Gasteiger partial charge in [-0.25, -0.2) is 0 Å². The topological polar surface area (TPSA) is 93.0 Å². The van der Waals surface area contributed by atoms with Crippen LogP contribution >= 0.6 is 22.9 Å². The number of hydrogen-bond donors (Lipinski definition) is 2. The van der Waals surface area contributed by atoms with E-state index in [2.05, 4.69) is 5.32 Å². The molecule has 8 nitrogen and oxygen atoms in total. The molecule has 10 heteroatoms. The van der Waals surface area contributed by atoms with Crippen LogP contribution in [0.15, 0.2) is 59.5 Å². The van der Waals surface area contributed by atoms with Gasteiger partial charge >= 0.3 is 0 Å². The highest BCUT2D eigenvalue weighted by Gasteiger charge is 2.20. The van der Waals surface area contributed by atoms with E-state index in [0.29, 0.717) is 40.9 Å². The highest BCUT2D eigenvalue weighted by Crippen LogP contribution is 2.34. The van der Waals surface area contributed by atoms with Gasteiger partial charge in [0.05, 0.1) is 16.3 Å². The molecule has 0 aliphatic carbocycles. The molecule has 3 heterocycles. The zero-order valence-electron chi connectivity index (χ0n) is 20.4. The Labute approximate surface area is 222 Å². The second-order valence-electron chi connectivity index (χ2n) is 9.04. The Hall–Kier alpha value is -3.37. The number of thiophene rings is 1. The number of benzene rings is 2. The highest BCUT2D eigenvalue weighted by molar-refractivity contribution is 7.19. The van der Waals surface area contributed by atoms with Gasteiger partial charge in [-0.2, -0.15) is 0 Å². The minimum absolute atomic E-state index is 0.101. The number of aromatic nitrogens is 1. The average Bonchev–Trinajstić information content (AvgIpc) is 3.52. The lowest BCUT2D eigenvalue weighted by molar-refractivity contribution is 0.0949. The summed E-state index contributed by atoms with van der Waals surface area (Å²) in [6.07, 6.45) is 0.863. The predicted molar refractivity (Wildman–Crippen MR) is 144 cm³/mol. The molecule has 5 rings (SSSR count). The molecule has 192 valence electrons. The number of rotatable bonds is 8. The minimum Gasteiger partial charge on any atom is -0.454 e. The van der Waals surface area contributed by atoms with Gasteiger partial charge in [0.1, 0.15) is 5.56 Å². The molecule has 2 aromatic carbocycles. The lowest BCUT2D eigenvalue weighted by atomic mass is 10.1. The highest BCUT2D eigenvalue weighted by atomic mass is 35.5. The number of halogens is 1. The van der Waals surface area contributed by atoms with E-state index in [-0.39, 0.29) is 17.8 Å². The lowest BCUT2D eigenvalue weighted by Crippen LogP contribution is -2.29. The number of aliphatic hydroxyl groups is 1. The third kappa shape index (κ3) is 5.50. The average molecular weight is 540 g/mol. The monoisotopic (exact) mass is 539 g/mol. The maximum atomic E-state index is 13.2. The number of aliphatic hydroxyl groups excluding tert-OH is 1. The number of hydrogen-bond acceptors (Lipinski definition) is 7. The van der Waals surface area contributed by atoms with E-state index in [1.807, 2.05) is 43.3 Å². The van der Waals surface area contributed by atoms with Crippen LogP contribution in [-0.4, -0.2) is 40.9 Å². The van der Waals surface area contributed by atoms with Gasteiger partial charge in [0.15, 0.2) is 11.5 Å². The summed E-state index contributed by atoms with van der Waals surface area (Å²) in [4.78, 5) is 28.9. The Kier molecular flexibility index (Phi) is 7.21. The summed E-state index contributed by atoms with van der Waals surface area (Å²) >= 11 is 7.28. The van der Waals surface area contributed by atoms with Crippen LogP contribution in [0.2, 0.25) is 5.02 Å². The van der Waals surface area contributed by atoms with E-state index < -0.39 is 12.0 Å². The van der Waals surface area contributed by atoms with E-state index >= 15 is 0 Å². The molecule has 2 aromatic heterocycles. The molecular weight excluding hydrogens is 514 g/mol. The Morgan fingerprint density at radius 1 is 1.19 bits per heavy atom. The van der Waals surface area contributed by atoms with Crippen molar-refractivity contribution in [2.24, 2.45) is 7.05 Å². The van der Waals surface area contributed by atoms with Crippen LogP contribution in [0.1, 0.15) is 32.5 Å². The van der Waals surface area contributed by atoms with Crippen molar-refractivity contribution < 1.29 is 19.4 Å². The van der Waals surface area contributed by atoms with Crippen molar-refractivity contribution in [1.29, 1.82) is 0 Å². The quantitative estimate of drug-likeness (QED) is 0.350. The first kappa shape index (κ1) is 25.3. The summed E-state index contributed by atoms with van der Waals surface area (Å²) in [5, 5.41) is 14.2. The molecule has 37 heavy (non-hydrogen) atoms. The van der Waals surface area contributed by atoms with Gasteiger partial charge in [-0.15, -0.1) is 11.3 Å². The van der Waals surface area contributed by atoms with Gasteiger partial charge in [0.25, 0.3) is 5.91 Å². The van der Waals surface area contributed by atoms with Crippen molar-refractivity contribution >= 4 is 39.1 Å². The number of aryl methyl sites for hydroxylation is 1. The van der Waals surface area contributed by atoms with Crippen LogP contribution < -0.4 is 20.2 Å². The van der Waals surface area contributed by atoms with Crippen LogP contribution in [-0.2, 0) is 20.1 Å². The normalized spacial score (nSPS) is 13.3. The van der Waals surface area contributed by atoms with Gasteiger partial charge in [0, 0.05) is 42.8 Å². The van der Waals surface area contributed by atoms with Crippen LogP contribution in [0.4, 0.5) is 0 Å². The predicted octanol–water partition coefficient (Wildman–Crippen LogP) is 4.08. The molecule has 0 saturated heterocycles. The summed E-state index contributed by atoms with van der Waals surface area (Å²) in [5.74, 6) is 0.887. The first-order valence-electron chi connectivity index (χ1n) is 11.7. The van der Waals surface area contributed by atoms with Crippen LogP contribution in [0.25, 0.3) is 10.2 Å². The zero-order valence-corrected chi connectivity index (χ0v) is 21.9. The van der Waals surface area contributed by atoms with E-state index in [1.165, 1.54) is 11.3 Å². The van der Waals surface area contributed by atoms with Crippen molar-refractivity contribution in [3.63, 3.8) is 0 Å². The largest absolute Gasteiger partial charge is 0.454 e. The molecule has 1 amide bonds. The maximum absolute atomic E-state index is 13.2. The summed E-state index contributed by atoms with van der Waals surface area (Å²) in [6.45, 7) is 1.41. The number of ether oxygens (including phenoxy) is 2. The number of likely N-dealkylation sites (N-methyl/N-ethyl adjacent to an activating group) is 1. The second-order valence-corrected chi connectivity index (χ2v) is 10.6. The van der Waals surface area contributed by atoms with Crippen LogP contribution in [0.3, 0.4) is 0 Å². The molecule has 1 atom stereocenters. The molecule has 4 aromatic rings. The Bertz CT molecular complexity index is 1520. The Morgan fingerprint density at radius 3 is 2.73 bits per heavy atom. The number of nitrogens with zero attached hydrogens (tertiary/aromatic N) is 2. The number of nitrogens with one attached hydrogen (secondary N) is 1. The fourth-order valence-electron chi connectivity index (χ4n) is 4.27. The second kappa shape index (κ2) is 10.5. The number of amides is 1. The summed E-state index contributed by atoms with van der Waals surface area (Å²) in [6, 6.07) is 14.5. The van der Waals surface area contributed by atoms with Gasteiger partial charge in [-0.1, -0.05) is 29.8 Å². The zero-order chi connectivity index (χ0) is 26.1. The van der Waals surface area contributed by atoms with Crippen molar-refractivity contribution in [3.05, 3.63) is 91.5 Å². The van der Waals surface area contributed by atoms with Crippen LogP contribution in [0, 0.1) is 0 Å². The van der Waals surface area contributed by atoms with E-state index in [0.717, 1.165) is 21.5 Å². The first-order chi connectivity index (χ1) is 17.8. The van der Waals surface area contributed by atoms with E-state index in [4.69, 9.17) is 21.1 Å². The molecule has 0 fully saturated rings. The SMILES string of the molecule is CN(Cc1cc2c(s1)c(=O)c(C(=O)NCc1ccc(Cl)cc1)cn2C)CC(O)c1ccc2c(c1)OCO2. The van der Waals surface area contributed by atoms with Gasteiger partial charge in [-0.05, 0) is 48.5 Å². The molecular formula is C27H26ClN3O5S. The fourth-order valence-corrected chi connectivity index (χ4v) is 5.62. The van der Waals surface area contributed by atoms with Crippen molar-refractivity contribution in [2.45, 2.75) is 19.2 Å². The standard InChI is InChI=1S/C27H26ClN3O5S/c1-30(14-22(32)17-5-8-23-24(9-17)36-15-35-23)12-19-10-21-26(37-19)25(33)20(13-31(21)2)27(34)29-11-16-3-6-18(28)7-4-16/h3-10,13,22,32H,11-12,14-15H2,1-2H3,(H,29,34). The van der Waals surface area contributed by atoms with Gasteiger partial charge in [0.2, 0.25) is 12.2 Å². The van der Waals surface area contributed by atoms with Crippen molar-refractivity contribution in [1.82, 2.24) is 14.8 Å². The third-order valence-corrected chi connectivity index (χ3v) is 7.58. The Balaban J connectivity index is 1.27. The molecule has 0 radical (unpaired) electrons. The van der Waals surface area contributed by atoms with Crippen LogP contribution in [0.5, 0.6) is 11.5 Å². The van der Waals surface area contributed by atoms with Crippen molar-refractivity contribution in [3.8, 4) is 11.5 Å². The molecule has 1 aliphatic heterocycles. The van der Waals surface area contributed by atoms with E-state index in [9.17, 15) is 14.7 Å². The maximum Gasteiger partial charge on any atom is 0.257 e. The summed E-state index contributed by atoms with van der Waals surface area (Å²) < 4.78 is 13.1. The molecule has 1 aliphatic rings. The fraction of sp³-hybridized carbons (Fsp3) is 0.259. The number of fused-ring (bicyclic) bond motifs is 2. The van der Waals surface area contributed by atoms with E-state index in [1.54, 1.807) is 35.0 Å². The number of pyridine rings is 1. The first-order valence-corrected chi connectivity index (χ1v) is 12.9. The molecule has 2 N–H and O–H groups in total. The smallest absolute Gasteiger partial charge is 0.257 e. The number of carbonyl (C=O) groups excluding carboxylic acids is 1.